The summed E-state index contributed by atoms with van der Waals surface area (Å²) in [6, 6.07) is 1.26. The second kappa shape index (κ2) is 6.09. The predicted molar refractivity (Wildman–Crippen MR) is 73.0 cm³/mol. The maximum absolute atomic E-state index is 11.4. The molecule has 1 aliphatic rings. The number of ether oxygens (including phenoxy) is 2. The summed E-state index contributed by atoms with van der Waals surface area (Å²) in [4.78, 5) is 17.6. The van der Waals surface area contributed by atoms with Crippen molar-refractivity contribution in [3.8, 4) is 11.5 Å². The zero-order chi connectivity index (χ0) is 14.7. The molecule has 110 valence electrons. The largest absolute Gasteiger partial charge is 0.493 e. The fourth-order valence-corrected chi connectivity index (χ4v) is 2.76. The Morgan fingerprint density at radius 3 is 2.85 bits per heavy atom. The average molecular weight is 280 g/mol. The SMILES string of the molecule is COc1ccnc(CN2CCC(C)C2C(=O)O)c1OC. The van der Waals surface area contributed by atoms with Crippen LogP contribution in [0.5, 0.6) is 11.5 Å². The number of hydrogen-bond donors (Lipinski definition) is 1. The van der Waals surface area contributed by atoms with E-state index in [4.69, 9.17) is 9.47 Å². The van der Waals surface area contributed by atoms with Gasteiger partial charge in [-0.3, -0.25) is 14.7 Å². The third kappa shape index (κ3) is 2.70. The summed E-state index contributed by atoms with van der Waals surface area (Å²) in [5.41, 5.74) is 0.701. The van der Waals surface area contributed by atoms with Crippen LogP contribution in [0, 0.1) is 5.92 Å². The molecule has 1 N–H and O–H groups in total. The smallest absolute Gasteiger partial charge is 0.321 e. The van der Waals surface area contributed by atoms with Crippen molar-refractivity contribution in [2.75, 3.05) is 20.8 Å². The molecule has 1 saturated heterocycles. The van der Waals surface area contributed by atoms with E-state index in [-0.39, 0.29) is 5.92 Å². The third-order valence-corrected chi connectivity index (χ3v) is 3.78. The van der Waals surface area contributed by atoms with Crippen molar-refractivity contribution in [2.45, 2.75) is 25.9 Å². The van der Waals surface area contributed by atoms with Gasteiger partial charge in [-0.2, -0.15) is 0 Å². The van der Waals surface area contributed by atoms with Gasteiger partial charge in [-0.1, -0.05) is 6.92 Å². The first-order chi connectivity index (χ1) is 9.58. The molecule has 0 bridgehead atoms. The second-order valence-electron chi connectivity index (χ2n) is 5.01. The Morgan fingerprint density at radius 2 is 2.25 bits per heavy atom. The second-order valence-corrected chi connectivity index (χ2v) is 5.01. The Labute approximate surface area is 118 Å². The first kappa shape index (κ1) is 14.6. The van der Waals surface area contributed by atoms with E-state index in [1.807, 2.05) is 11.8 Å². The summed E-state index contributed by atoms with van der Waals surface area (Å²) in [5, 5.41) is 9.34. The van der Waals surface area contributed by atoms with E-state index in [0.717, 1.165) is 13.0 Å². The van der Waals surface area contributed by atoms with Gasteiger partial charge in [0.2, 0.25) is 0 Å². The van der Waals surface area contributed by atoms with Crippen molar-refractivity contribution in [3.05, 3.63) is 18.0 Å². The molecule has 6 heteroatoms. The van der Waals surface area contributed by atoms with Gasteiger partial charge in [0.1, 0.15) is 11.7 Å². The lowest BCUT2D eigenvalue weighted by atomic mass is 10.0. The van der Waals surface area contributed by atoms with Crippen molar-refractivity contribution in [1.82, 2.24) is 9.88 Å². The summed E-state index contributed by atoms with van der Waals surface area (Å²) >= 11 is 0. The van der Waals surface area contributed by atoms with E-state index < -0.39 is 12.0 Å². The minimum absolute atomic E-state index is 0.143. The van der Waals surface area contributed by atoms with Gasteiger partial charge in [0, 0.05) is 18.8 Å². The molecule has 1 aliphatic heterocycles. The van der Waals surface area contributed by atoms with Crippen LogP contribution in [0.4, 0.5) is 0 Å². The highest BCUT2D eigenvalue weighted by molar-refractivity contribution is 5.74. The molecule has 6 nitrogen and oxygen atoms in total. The van der Waals surface area contributed by atoms with Gasteiger partial charge in [0.25, 0.3) is 0 Å². The first-order valence-electron chi connectivity index (χ1n) is 6.61. The number of likely N-dealkylation sites (tertiary alicyclic amines) is 1. The normalized spacial score (nSPS) is 22.8. The molecule has 2 heterocycles. The molecule has 0 aliphatic carbocycles. The number of carboxylic acids is 1. The standard InChI is InChI=1S/C14H20N2O4/c1-9-5-7-16(12(9)14(17)18)8-10-13(20-3)11(19-2)4-6-15-10/h4,6,9,12H,5,7-8H2,1-3H3,(H,17,18). The molecule has 2 rings (SSSR count). The number of aromatic nitrogens is 1. The Hall–Kier alpha value is -1.82. The van der Waals surface area contributed by atoms with Crippen LogP contribution < -0.4 is 9.47 Å². The van der Waals surface area contributed by atoms with Gasteiger partial charge >= 0.3 is 5.97 Å². The summed E-state index contributed by atoms with van der Waals surface area (Å²) in [6.07, 6.45) is 2.52. The zero-order valence-corrected chi connectivity index (χ0v) is 12.0. The molecule has 0 radical (unpaired) electrons. The Morgan fingerprint density at radius 1 is 1.50 bits per heavy atom. The van der Waals surface area contributed by atoms with Crippen molar-refractivity contribution in [3.63, 3.8) is 0 Å². The molecule has 0 aromatic carbocycles. The average Bonchev–Trinajstić information content (AvgIpc) is 2.79. The molecule has 1 aromatic heterocycles. The van der Waals surface area contributed by atoms with Gasteiger partial charge in [0.05, 0.1) is 14.2 Å². The Bertz CT molecular complexity index is 492. The minimum Gasteiger partial charge on any atom is -0.493 e. The van der Waals surface area contributed by atoms with E-state index in [0.29, 0.717) is 23.7 Å². The van der Waals surface area contributed by atoms with Crippen molar-refractivity contribution in [1.29, 1.82) is 0 Å². The molecular weight excluding hydrogens is 260 g/mol. The number of carbonyl (C=O) groups is 1. The first-order valence-corrected chi connectivity index (χ1v) is 6.61. The maximum Gasteiger partial charge on any atom is 0.321 e. The molecule has 1 fully saturated rings. The molecule has 0 saturated carbocycles. The molecule has 1 aromatic rings. The van der Waals surface area contributed by atoms with E-state index >= 15 is 0 Å². The Kier molecular flexibility index (Phi) is 4.44. The van der Waals surface area contributed by atoms with Crippen molar-refractivity contribution >= 4 is 5.97 Å². The zero-order valence-electron chi connectivity index (χ0n) is 12.0. The number of nitrogens with zero attached hydrogens (tertiary/aromatic N) is 2. The highest BCUT2D eigenvalue weighted by atomic mass is 16.5. The fourth-order valence-electron chi connectivity index (χ4n) is 2.76. The lowest BCUT2D eigenvalue weighted by Crippen LogP contribution is -2.38. The Balaban J connectivity index is 2.24. The van der Waals surface area contributed by atoms with Crippen LogP contribution in [0.3, 0.4) is 0 Å². The van der Waals surface area contributed by atoms with E-state index in [2.05, 4.69) is 4.98 Å². The molecule has 2 unspecified atom stereocenters. The maximum atomic E-state index is 11.4. The topological polar surface area (TPSA) is 71.9 Å². The van der Waals surface area contributed by atoms with Crippen molar-refractivity contribution in [2.24, 2.45) is 5.92 Å². The van der Waals surface area contributed by atoms with Gasteiger partial charge in [0.15, 0.2) is 11.5 Å². The lowest BCUT2D eigenvalue weighted by Gasteiger charge is -2.23. The van der Waals surface area contributed by atoms with Crippen LogP contribution in [0.25, 0.3) is 0 Å². The van der Waals surface area contributed by atoms with Crippen LogP contribution in [-0.4, -0.2) is 47.8 Å². The van der Waals surface area contributed by atoms with Gasteiger partial charge in [-0.15, -0.1) is 0 Å². The third-order valence-electron chi connectivity index (χ3n) is 3.78. The lowest BCUT2D eigenvalue weighted by molar-refractivity contribution is -0.143. The quantitative estimate of drug-likeness (QED) is 0.879. The molecule has 0 spiro atoms. The number of pyridine rings is 1. The highest BCUT2D eigenvalue weighted by Crippen LogP contribution is 2.32. The van der Waals surface area contributed by atoms with Crippen LogP contribution in [0.2, 0.25) is 0 Å². The molecular formula is C14H20N2O4. The number of aliphatic carboxylic acids is 1. The fraction of sp³-hybridized carbons (Fsp3) is 0.571. The summed E-state index contributed by atoms with van der Waals surface area (Å²) < 4.78 is 10.6. The monoisotopic (exact) mass is 280 g/mol. The van der Waals surface area contributed by atoms with Gasteiger partial charge in [-0.05, 0) is 18.9 Å². The molecule has 0 amide bonds. The number of hydrogen-bond acceptors (Lipinski definition) is 5. The summed E-state index contributed by atoms with van der Waals surface area (Å²) in [7, 11) is 3.13. The van der Waals surface area contributed by atoms with Crippen LogP contribution in [0.15, 0.2) is 12.3 Å². The van der Waals surface area contributed by atoms with E-state index in [9.17, 15) is 9.90 Å². The summed E-state index contributed by atoms with van der Waals surface area (Å²) in [6.45, 7) is 3.16. The van der Waals surface area contributed by atoms with Gasteiger partial charge < -0.3 is 14.6 Å². The molecule has 2 atom stereocenters. The minimum atomic E-state index is -0.781. The van der Waals surface area contributed by atoms with Crippen LogP contribution in [-0.2, 0) is 11.3 Å². The number of rotatable bonds is 5. The van der Waals surface area contributed by atoms with Gasteiger partial charge in [-0.25, -0.2) is 0 Å². The number of methoxy groups -OCH3 is 2. The van der Waals surface area contributed by atoms with Crippen LogP contribution in [0.1, 0.15) is 19.0 Å². The van der Waals surface area contributed by atoms with E-state index in [1.54, 1.807) is 26.5 Å². The predicted octanol–water partition coefficient (Wildman–Crippen LogP) is 1.39. The van der Waals surface area contributed by atoms with E-state index in [1.165, 1.54) is 0 Å². The molecule has 20 heavy (non-hydrogen) atoms. The number of carboxylic acid groups (broad SMARTS) is 1. The summed E-state index contributed by atoms with van der Waals surface area (Å²) in [5.74, 6) is 0.538. The highest BCUT2D eigenvalue weighted by Gasteiger charge is 2.37. The van der Waals surface area contributed by atoms with Crippen LogP contribution >= 0.6 is 0 Å². The van der Waals surface area contributed by atoms with Crippen molar-refractivity contribution < 1.29 is 19.4 Å².